The molecular weight excluding hydrogens is 304 g/mol. The molecule has 0 aliphatic heterocycles. The number of benzene rings is 1. The van der Waals surface area contributed by atoms with Gasteiger partial charge in [0.25, 0.3) is 0 Å². The zero-order valence-corrected chi connectivity index (χ0v) is 12.9. The average molecular weight is 321 g/mol. The van der Waals surface area contributed by atoms with Crippen LogP contribution in [0.1, 0.15) is 17.0 Å². The number of hydrogen-bond donors (Lipinski definition) is 1. The molecule has 0 bridgehead atoms. The van der Waals surface area contributed by atoms with E-state index < -0.39 is 0 Å². The molecule has 0 spiro atoms. The summed E-state index contributed by atoms with van der Waals surface area (Å²) < 4.78 is 1.08. The van der Waals surface area contributed by atoms with Gasteiger partial charge in [0, 0.05) is 23.6 Å². The van der Waals surface area contributed by atoms with E-state index in [2.05, 4.69) is 42.9 Å². The van der Waals surface area contributed by atoms with Gasteiger partial charge < -0.3 is 10.6 Å². The molecule has 0 radical (unpaired) electrons. The van der Waals surface area contributed by atoms with Crippen molar-refractivity contribution in [3.05, 3.63) is 45.7 Å². The van der Waals surface area contributed by atoms with Gasteiger partial charge in [-0.25, -0.2) is 9.97 Å². The van der Waals surface area contributed by atoms with Crippen LogP contribution in [-0.2, 0) is 6.54 Å². The maximum Gasteiger partial charge on any atom is 0.137 e. The number of nitrogens with zero attached hydrogens (tertiary/aromatic N) is 3. The normalized spacial score (nSPS) is 10.5. The van der Waals surface area contributed by atoms with Crippen LogP contribution >= 0.6 is 15.9 Å². The van der Waals surface area contributed by atoms with E-state index in [1.165, 1.54) is 5.56 Å². The number of nitrogen functional groups attached to an aromatic ring is 1. The minimum absolute atomic E-state index is 0.546. The fourth-order valence-corrected chi connectivity index (χ4v) is 2.21. The quantitative estimate of drug-likeness (QED) is 0.944. The van der Waals surface area contributed by atoms with E-state index in [0.717, 1.165) is 22.4 Å². The molecule has 100 valence electrons. The molecule has 0 aliphatic carbocycles. The molecule has 0 atom stereocenters. The van der Waals surface area contributed by atoms with Crippen molar-refractivity contribution >= 4 is 27.6 Å². The Morgan fingerprint density at radius 1 is 1.16 bits per heavy atom. The Labute approximate surface area is 121 Å². The summed E-state index contributed by atoms with van der Waals surface area (Å²) in [5, 5.41) is 0. The molecule has 0 aliphatic rings. The molecule has 0 saturated carbocycles. The van der Waals surface area contributed by atoms with Crippen LogP contribution in [0.4, 0.5) is 11.6 Å². The van der Waals surface area contributed by atoms with Gasteiger partial charge >= 0.3 is 0 Å². The van der Waals surface area contributed by atoms with Gasteiger partial charge in [-0.1, -0.05) is 28.1 Å². The second kappa shape index (κ2) is 5.57. The Morgan fingerprint density at radius 3 is 2.42 bits per heavy atom. The van der Waals surface area contributed by atoms with Crippen LogP contribution in [0.3, 0.4) is 0 Å². The molecule has 2 N–H and O–H groups in total. The standard InChI is InChI=1S/C14H17BrN4/c1-9-13(16)17-10(2)18-14(9)19(3)8-11-4-6-12(15)7-5-11/h4-7H,8H2,1-3H3,(H2,16,17,18). The number of nitrogens with two attached hydrogens (primary N) is 1. The fourth-order valence-electron chi connectivity index (χ4n) is 1.95. The predicted octanol–water partition coefficient (Wildman–Crippen LogP) is 3.07. The largest absolute Gasteiger partial charge is 0.383 e. The summed E-state index contributed by atoms with van der Waals surface area (Å²) >= 11 is 3.44. The molecule has 0 unspecified atom stereocenters. The molecule has 2 aromatic rings. The first-order chi connectivity index (χ1) is 8.97. The zero-order chi connectivity index (χ0) is 14.0. The van der Waals surface area contributed by atoms with Crippen LogP contribution in [0, 0.1) is 13.8 Å². The number of anilines is 2. The summed E-state index contributed by atoms with van der Waals surface area (Å²) in [6.07, 6.45) is 0. The molecule has 2 rings (SSSR count). The minimum Gasteiger partial charge on any atom is -0.383 e. The Kier molecular flexibility index (Phi) is 4.04. The first-order valence-corrected chi connectivity index (χ1v) is 6.83. The highest BCUT2D eigenvalue weighted by atomic mass is 79.9. The number of aryl methyl sites for hydroxylation is 1. The van der Waals surface area contributed by atoms with E-state index >= 15 is 0 Å². The van der Waals surface area contributed by atoms with Gasteiger partial charge in [-0.15, -0.1) is 0 Å². The number of aromatic nitrogens is 2. The van der Waals surface area contributed by atoms with Crippen molar-refractivity contribution in [2.75, 3.05) is 17.7 Å². The van der Waals surface area contributed by atoms with Crippen molar-refractivity contribution in [2.24, 2.45) is 0 Å². The van der Waals surface area contributed by atoms with Crippen LogP contribution in [0.25, 0.3) is 0 Å². The average Bonchev–Trinajstić information content (AvgIpc) is 2.36. The minimum atomic E-state index is 0.546. The van der Waals surface area contributed by atoms with Crippen molar-refractivity contribution in [3.63, 3.8) is 0 Å². The van der Waals surface area contributed by atoms with Crippen LogP contribution in [0.15, 0.2) is 28.7 Å². The van der Waals surface area contributed by atoms with Crippen molar-refractivity contribution in [1.29, 1.82) is 0 Å². The third-order valence-electron chi connectivity index (χ3n) is 2.96. The third-order valence-corrected chi connectivity index (χ3v) is 3.49. The van der Waals surface area contributed by atoms with Crippen molar-refractivity contribution in [2.45, 2.75) is 20.4 Å². The Hall–Kier alpha value is -1.62. The van der Waals surface area contributed by atoms with Gasteiger partial charge in [0.2, 0.25) is 0 Å². The molecule has 4 nitrogen and oxygen atoms in total. The van der Waals surface area contributed by atoms with E-state index in [-0.39, 0.29) is 0 Å². The summed E-state index contributed by atoms with van der Waals surface area (Å²) in [6, 6.07) is 8.26. The van der Waals surface area contributed by atoms with E-state index in [0.29, 0.717) is 11.6 Å². The summed E-state index contributed by atoms with van der Waals surface area (Å²) in [5.74, 6) is 2.12. The van der Waals surface area contributed by atoms with E-state index in [4.69, 9.17) is 5.73 Å². The van der Waals surface area contributed by atoms with E-state index in [1.54, 1.807) is 0 Å². The van der Waals surface area contributed by atoms with Gasteiger partial charge in [0.05, 0.1) is 0 Å². The Morgan fingerprint density at radius 2 is 1.79 bits per heavy atom. The number of hydrogen-bond acceptors (Lipinski definition) is 4. The van der Waals surface area contributed by atoms with Crippen LogP contribution in [-0.4, -0.2) is 17.0 Å². The maximum atomic E-state index is 5.89. The predicted molar refractivity (Wildman–Crippen MR) is 82.2 cm³/mol. The van der Waals surface area contributed by atoms with Crippen molar-refractivity contribution < 1.29 is 0 Å². The lowest BCUT2D eigenvalue weighted by Crippen LogP contribution is -2.20. The highest BCUT2D eigenvalue weighted by Gasteiger charge is 2.11. The highest BCUT2D eigenvalue weighted by Crippen LogP contribution is 2.22. The zero-order valence-electron chi connectivity index (χ0n) is 11.3. The molecule has 1 aromatic carbocycles. The topological polar surface area (TPSA) is 55.0 Å². The van der Waals surface area contributed by atoms with Gasteiger partial charge in [-0.2, -0.15) is 0 Å². The van der Waals surface area contributed by atoms with E-state index in [9.17, 15) is 0 Å². The van der Waals surface area contributed by atoms with Gasteiger partial charge in [-0.05, 0) is 31.5 Å². The second-order valence-electron chi connectivity index (χ2n) is 4.59. The maximum absolute atomic E-state index is 5.89. The van der Waals surface area contributed by atoms with Gasteiger partial charge in [0.1, 0.15) is 17.5 Å². The van der Waals surface area contributed by atoms with Crippen LogP contribution < -0.4 is 10.6 Å². The lowest BCUT2D eigenvalue weighted by atomic mass is 10.2. The smallest absolute Gasteiger partial charge is 0.137 e. The summed E-state index contributed by atoms with van der Waals surface area (Å²) in [6.45, 7) is 4.58. The highest BCUT2D eigenvalue weighted by molar-refractivity contribution is 9.10. The molecule has 0 saturated heterocycles. The lowest BCUT2D eigenvalue weighted by molar-refractivity contribution is 0.872. The molecule has 1 aromatic heterocycles. The summed E-state index contributed by atoms with van der Waals surface area (Å²) in [4.78, 5) is 10.7. The van der Waals surface area contributed by atoms with Gasteiger partial charge in [-0.3, -0.25) is 0 Å². The first kappa shape index (κ1) is 13.8. The van der Waals surface area contributed by atoms with E-state index in [1.807, 2.05) is 33.0 Å². The molecule has 0 amide bonds. The number of halogens is 1. The van der Waals surface area contributed by atoms with Crippen LogP contribution in [0.2, 0.25) is 0 Å². The van der Waals surface area contributed by atoms with Crippen LogP contribution in [0.5, 0.6) is 0 Å². The number of rotatable bonds is 3. The first-order valence-electron chi connectivity index (χ1n) is 6.03. The summed E-state index contributed by atoms with van der Waals surface area (Å²) in [7, 11) is 2.01. The Bertz CT molecular complexity index is 581. The molecular formula is C14H17BrN4. The summed E-state index contributed by atoms with van der Waals surface area (Å²) in [5.41, 5.74) is 8.03. The molecule has 1 heterocycles. The molecule has 5 heteroatoms. The monoisotopic (exact) mass is 320 g/mol. The molecule has 0 fully saturated rings. The van der Waals surface area contributed by atoms with Crippen molar-refractivity contribution in [3.8, 4) is 0 Å². The lowest BCUT2D eigenvalue weighted by Gasteiger charge is -2.21. The second-order valence-corrected chi connectivity index (χ2v) is 5.50. The Balaban J connectivity index is 2.24. The fraction of sp³-hybridized carbons (Fsp3) is 0.286. The third kappa shape index (κ3) is 3.23. The van der Waals surface area contributed by atoms with Crippen molar-refractivity contribution in [1.82, 2.24) is 9.97 Å². The van der Waals surface area contributed by atoms with Gasteiger partial charge in [0.15, 0.2) is 0 Å². The molecule has 19 heavy (non-hydrogen) atoms. The SMILES string of the molecule is Cc1nc(N)c(C)c(N(C)Cc2ccc(Br)cc2)n1.